The van der Waals surface area contributed by atoms with Gasteiger partial charge in [-0.05, 0) is 73.9 Å². The molecular formula is C35H43FN2O6. The Kier molecular flexibility index (Phi) is 12.5. The van der Waals surface area contributed by atoms with Crippen molar-refractivity contribution in [2.24, 2.45) is 11.3 Å². The summed E-state index contributed by atoms with van der Waals surface area (Å²) < 4.78 is 25.9. The molecule has 3 N–H and O–H groups in total. The van der Waals surface area contributed by atoms with Crippen LogP contribution >= 0.6 is 0 Å². The van der Waals surface area contributed by atoms with Crippen molar-refractivity contribution in [3.8, 4) is 11.5 Å². The highest BCUT2D eigenvalue weighted by Gasteiger charge is 2.39. The van der Waals surface area contributed by atoms with E-state index in [1.807, 2.05) is 64.1 Å². The molecule has 0 bridgehead atoms. The van der Waals surface area contributed by atoms with Gasteiger partial charge in [-0.1, -0.05) is 75.4 Å². The van der Waals surface area contributed by atoms with Gasteiger partial charge in [-0.2, -0.15) is 0 Å². The topological polar surface area (TPSA) is 114 Å². The van der Waals surface area contributed by atoms with Crippen LogP contribution in [-0.4, -0.2) is 41.6 Å². The van der Waals surface area contributed by atoms with Crippen molar-refractivity contribution in [1.29, 1.82) is 0 Å². The molecule has 0 saturated heterocycles. The molecule has 0 aromatic heterocycles. The number of ether oxygens (including phenoxy) is 2. The minimum absolute atomic E-state index is 0.0899. The van der Waals surface area contributed by atoms with Gasteiger partial charge in [0.1, 0.15) is 11.8 Å². The molecule has 3 aromatic rings. The number of carbonyl (C=O) groups is 3. The molecule has 0 radical (unpaired) electrons. The second-order valence-corrected chi connectivity index (χ2v) is 11.8. The lowest BCUT2D eigenvalue weighted by molar-refractivity contribution is -0.158. The minimum atomic E-state index is -1.41. The number of halogens is 1. The number of amides is 2. The van der Waals surface area contributed by atoms with Gasteiger partial charge in [0, 0.05) is 6.61 Å². The molecule has 0 spiro atoms. The number of benzene rings is 3. The Morgan fingerprint density at radius 1 is 0.909 bits per heavy atom. The number of carboxylic acid groups (broad SMARTS) is 1. The van der Waals surface area contributed by atoms with Gasteiger partial charge in [-0.15, -0.1) is 0 Å². The smallest absolute Gasteiger partial charge is 0.333 e. The van der Waals surface area contributed by atoms with E-state index in [9.17, 15) is 23.9 Å². The number of rotatable bonds is 15. The van der Waals surface area contributed by atoms with Gasteiger partial charge in [0.25, 0.3) is 0 Å². The normalized spacial score (nSPS) is 14.1. The first-order valence-corrected chi connectivity index (χ1v) is 14.9. The predicted molar refractivity (Wildman–Crippen MR) is 167 cm³/mol. The van der Waals surface area contributed by atoms with E-state index in [1.54, 1.807) is 43.3 Å². The molecule has 4 unspecified atom stereocenters. The predicted octanol–water partition coefficient (Wildman–Crippen LogP) is 6.45. The van der Waals surface area contributed by atoms with Crippen molar-refractivity contribution >= 4 is 17.8 Å². The molecule has 0 aliphatic rings. The third-order valence-corrected chi connectivity index (χ3v) is 7.31. The van der Waals surface area contributed by atoms with Gasteiger partial charge in [0.15, 0.2) is 17.7 Å². The molecule has 0 aliphatic carbocycles. The first-order valence-electron chi connectivity index (χ1n) is 14.9. The Hall–Kier alpha value is -4.24. The third-order valence-electron chi connectivity index (χ3n) is 7.31. The number of hydrogen-bond donors (Lipinski definition) is 3. The molecule has 0 aliphatic heterocycles. The van der Waals surface area contributed by atoms with E-state index in [1.165, 1.54) is 6.07 Å². The number of nitrogens with one attached hydrogen (secondary N) is 2. The summed E-state index contributed by atoms with van der Waals surface area (Å²) in [5.41, 5.74) is 0.912. The van der Waals surface area contributed by atoms with Gasteiger partial charge in [-0.3, -0.25) is 9.59 Å². The van der Waals surface area contributed by atoms with Gasteiger partial charge < -0.3 is 25.2 Å². The highest BCUT2D eigenvalue weighted by Crippen LogP contribution is 2.27. The highest BCUT2D eigenvalue weighted by molar-refractivity contribution is 5.91. The summed E-state index contributed by atoms with van der Waals surface area (Å²) in [6.07, 6.45) is -0.496. The molecule has 44 heavy (non-hydrogen) atoms. The molecule has 3 rings (SSSR count). The molecule has 9 heteroatoms. The maximum Gasteiger partial charge on any atom is 0.333 e. The lowest BCUT2D eigenvalue weighted by Gasteiger charge is -2.33. The summed E-state index contributed by atoms with van der Waals surface area (Å²) in [6, 6.07) is 21.8. The van der Waals surface area contributed by atoms with Crippen LogP contribution in [0.15, 0.2) is 78.9 Å². The van der Waals surface area contributed by atoms with Crippen molar-refractivity contribution in [1.82, 2.24) is 10.6 Å². The van der Waals surface area contributed by atoms with Crippen LogP contribution < -0.4 is 15.4 Å². The van der Waals surface area contributed by atoms with Crippen LogP contribution in [0.25, 0.3) is 0 Å². The Morgan fingerprint density at radius 3 is 2.11 bits per heavy atom. The molecule has 236 valence electrons. The van der Waals surface area contributed by atoms with E-state index in [4.69, 9.17) is 9.47 Å². The average molecular weight is 607 g/mol. The molecule has 3 aromatic carbocycles. The van der Waals surface area contributed by atoms with E-state index in [2.05, 4.69) is 10.6 Å². The Bertz CT molecular complexity index is 1380. The summed E-state index contributed by atoms with van der Waals surface area (Å²) in [5, 5.41) is 15.7. The van der Waals surface area contributed by atoms with E-state index >= 15 is 0 Å². The second-order valence-electron chi connectivity index (χ2n) is 11.8. The van der Waals surface area contributed by atoms with Gasteiger partial charge in [0.2, 0.25) is 11.8 Å². The van der Waals surface area contributed by atoms with Crippen molar-refractivity contribution in [3.63, 3.8) is 0 Å². The maximum absolute atomic E-state index is 14.8. The highest BCUT2D eigenvalue weighted by atomic mass is 19.1. The first kappa shape index (κ1) is 34.3. The number of para-hydroxylation sites is 1. The zero-order valence-corrected chi connectivity index (χ0v) is 26.0. The second kappa shape index (κ2) is 16.0. The third kappa shape index (κ3) is 9.91. The van der Waals surface area contributed by atoms with Crippen molar-refractivity contribution in [3.05, 3.63) is 95.8 Å². The Labute approximate surface area is 259 Å². The Morgan fingerprint density at radius 2 is 1.55 bits per heavy atom. The monoisotopic (exact) mass is 606 g/mol. The molecule has 2 amide bonds. The molecule has 8 nitrogen and oxygen atoms in total. The fourth-order valence-corrected chi connectivity index (χ4v) is 4.93. The summed E-state index contributed by atoms with van der Waals surface area (Å²) in [5.74, 6) is -3.24. The van der Waals surface area contributed by atoms with E-state index in [0.717, 1.165) is 5.56 Å². The minimum Gasteiger partial charge on any atom is -0.479 e. The zero-order valence-electron chi connectivity index (χ0n) is 26.0. The molecule has 0 saturated carbocycles. The van der Waals surface area contributed by atoms with Crippen LogP contribution in [0.5, 0.6) is 11.5 Å². The number of aryl methyl sites for hydroxylation is 1. The van der Waals surface area contributed by atoms with E-state index in [-0.39, 0.29) is 30.7 Å². The summed E-state index contributed by atoms with van der Waals surface area (Å²) in [6.45, 7) is 9.09. The van der Waals surface area contributed by atoms with E-state index in [0.29, 0.717) is 24.2 Å². The SMILES string of the molecule is CCOC(C(=O)O)C(CCCc1ccc(Oc2ccccc2)c(F)c1)C(=O)NC(C(=O)NC(C)c1ccccc1)C(C)(C)C. The fourth-order valence-electron chi connectivity index (χ4n) is 4.93. The summed E-state index contributed by atoms with van der Waals surface area (Å²) in [4.78, 5) is 39.3. The molecule has 4 atom stereocenters. The lowest BCUT2D eigenvalue weighted by Crippen LogP contribution is -2.56. The lowest BCUT2D eigenvalue weighted by atomic mass is 9.84. The Balaban J connectivity index is 1.72. The fraction of sp³-hybridized carbons (Fsp3) is 0.400. The number of aliphatic carboxylic acids is 1. The van der Waals surface area contributed by atoms with E-state index < -0.39 is 41.2 Å². The zero-order chi connectivity index (χ0) is 32.3. The van der Waals surface area contributed by atoms with Crippen molar-refractivity contribution < 1.29 is 33.4 Å². The maximum atomic E-state index is 14.8. The largest absolute Gasteiger partial charge is 0.479 e. The van der Waals surface area contributed by atoms with Gasteiger partial charge >= 0.3 is 5.97 Å². The van der Waals surface area contributed by atoms with Crippen molar-refractivity contribution in [2.45, 2.75) is 72.1 Å². The molecule has 0 heterocycles. The van der Waals surface area contributed by atoms with Crippen LogP contribution in [0.4, 0.5) is 4.39 Å². The first-order chi connectivity index (χ1) is 20.9. The number of carbonyl (C=O) groups excluding carboxylic acids is 2. The van der Waals surface area contributed by atoms with Crippen molar-refractivity contribution in [2.75, 3.05) is 6.61 Å². The quantitative estimate of drug-likeness (QED) is 0.183. The molecule has 0 fully saturated rings. The van der Waals surface area contributed by atoms with Gasteiger partial charge in [0.05, 0.1) is 12.0 Å². The van der Waals surface area contributed by atoms with Crippen LogP contribution in [-0.2, 0) is 25.5 Å². The summed E-state index contributed by atoms with van der Waals surface area (Å²) in [7, 11) is 0. The summed E-state index contributed by atoms with van der Waals surface area (Å²) >= 11 is 0. The molecular weight excluding hydrogens is 563 g/mol. The van der Waals surface area contributed by atoms with Crippen LogP contribution in [0.3, 0.4) is 0 Å². The number of carboxylic acids is 1. The van der Waals surface area contributed by atoms with Crippen LogP contribution in [0.1, 0.15) is 64.6 Å². The van der Waals surface area contributed by atoms with Gasteiger partial charge in [-0.25, -0.2) is 9.18 Å². The van der Waals surface area contributed by atoms with Crippen LogP contribution in [0.2, 0.25) is 0 Å². The standard InChI is InChI=1S/C35H43FN2O6/c1-6-43-30(34(41)42)27(19-13-14-24-20-21-29(28(36)22-24)44-26-17-11-8-12-18-26)32(39)38-31(35(3,4)5)33(40)37-23(2)25-15-9-7-10-16-25/h7-12,15-18,20-23,27,30-31H,6,13-14,19H2,1-5H3,(H,37,40)(H,38,39)(H,41,42). The average Bonchev–Trinajstić information content (AvgIpc) is 2.98. The number of hydrogen-bond acceptors (Lipinski definition) is 5. The van der Waals surface area contributed by atoms with Crippen LogP contribution in [0, 0.1) is 17.2 Å².